The number of nitrogens with two attached hydrogens (primary N) is 1. The molecule has 0 aliphatic heterocycles. The smallest absolute Gasteiger partial charge is 0.249 e. The number of aromatic nitrogens is 1. The molecule has 1 amide bonds. The van der Waals surface area contributed by atoms with Gasteiger partial charge in [0.2, 0.25) is 5.91 Å². The van der Waals surface area contributed by atoms with Gasteiger partial charge in [-0.1, -0.05) is 55.6 Å². The zero-order valence-corrected chi connectivity index (χ0v) is 17.3. The summed E-state index contributed by atoms with van der Waals surface area (Å²) < 4.78 is 2.24. The number of carbonyl (C=O) groups is 1. The molecular weight excluding hydrogens is 380 g/mol. The molecule has 2 N–H and O–H groups in total. The number of amides is 1. The maximum Gasteiger partial charge on any atom is 0.249 e. The molecule has 1 heterocycles. The molecule has 147 valence electrons. The highest BCUT2D eigenvalue weighted by atomic mass is 35.5. The molecule has 0 aliphatic rings. The second-order valence-electron chi connectivity index (χ2n) is 7.51. The highest BCUT2D eigenvalue weighted by Crippen LogP contribution is 2.33. The molecule has 0 aliphatic carbocycles. The lowest BCUT2D eigenvalue weighted by molar-refractivity contribution is 0.100. The fraction of sp³-hybridized carbons (Fsp3) is 0.240. The Balaban J connectivity index is 1.92. The summed E-state index contributed by atoms with van der Waals surface area (Å²) in [5, 5.41) is 2.53. The summed E-state index contributed by atoms with van der Waals surface area (Å²) >= 11 is 6.21. The lowest BCUT2D eigenvalue weighted by Gasteiger charge is -2.09. The normalized spacial score (nSPS) is 11.4. The van der Waals surface area contributed by atoms with Crippen LogP contribution < -0.4 is 5.73 Å². The second-order valence-corrected chi connectivity index (χ2v) is 7.94. The molecule has 29 heavy (non-hydrogen) atoms. The Morgan fingerprint density at radius 3 is 2.66 bits per heavy atom. The molecule has 4 heteroatoms. The summed E-state index contributed by atoms with van der Waals surface area (Å²) in [6, 6.07) is 21.3. The summed E-state index contributed by atoms with van der Waals surface area (Å²) in [4.78, 5) is 12.1. The molecule has 3 nitrogen and oxygen atoms in total. The van der Waals surface area contributed by atoms with E-state index in [-0.39, 0.29) is 0 Å². The minimum absolute atomic E-state index is 0.419. The Kier molecular flexibility index (Phi) is 5.59. The molecule has 1 aromatic heterocycles. The van der Waals surface area contributed by atoms with Crippen LogP contribution in [0.25, 0.3) is 21.8 Å². The highest BCUT2D eigenvalue weighted by Gasteiger charge is 2.17. The summed E-state index contributed by atoms with van der Waals surface area (Å²) in [6.45, 7) is 2.87. The first-order valence-electron chi connectivity index (χ1n) is 10.1. The summed E-state index contributed by atoms with van der Waals surface area (Å²) in [5.74, 6) is -0.419. The van der Waals surface area contributed by atoms with Gasteiger partial charge in [-0.15, -0.1) is 0 Å². The van der Waals surface area contributed by atoms with Crippen molar-refractivity contribution in [3.8, 4) is 0 Å². The summed E-state index contributed by atoms with van der Waals surface area (Å²) in [6.07, 6.45) is 4.61. The first-order valence-corrected chi connectivity index (χ1v) is 10.5. The number of aryl methyl sites for hydroxylation is 1. The quantitative estimate of drug-likeness (QED) is 0.371. The minimum Gasteiger partial charge on any atom is -0.366 e. The molecule has 0 unspecified atom stereocenters. The molecule has 0 spiro atoms. The molecule has 4 rings (SSSR count). The van der Waals surface area contributed by atoms with Crippen LogP contribution in [0.1, 0.15) is 47.7 Å². The zero-order valence-electron chi connectivity index (χ0n) is 16.5. The van der Waals surface area contributed by atoms with Crippen LogP contribution in [0.5, 0.6) is 0 Å². The number of hydrogen-bond donors (Lipinski definition) is 1. The van der Waals surface area contributed by atoms with E-state index in [0.717, 1.165) is 40.2 Å². The van der Waals surface area contributed by atoms with E-state index in [9.17, 15) is 4.79 Å². The van der Waals surface area contributed by atoms with Crippen molar-refractivity contribution in [2.45, 2.75) is 39.2 Å². The Morgan fingerprint density at radius 2 is 1.90 bits per heavy atom. The van der Waals surface area contributed by atoms with Crippen LogP contribution in [0.4, 0.5) is 0 Å². The van der Waals surface area contributed by atoms with E-state index in [1.54, 1.807) is 6.07 Å². The largest absolute Gasteiger partial charge is 0.366 e. The second kappa shape index (κ2) is 8.30. The maximum atomic E-state index is 12.1. The van der Waals surface area contributed by atoms with E-state index in [1.165, 1.54) is 18.4 Å². The molecule has 3 aromatic carbocycles. The van der Waals surface area contributed by atoms with Crippen molar-refractivity contribution in [2.75, 3.05) is 0 Å². The third kappa shape index (κ3) is 3.88. The lowest BCUT2D eigenvalue weighted by atomic mass is 10.0. The number of benzene rings is 3. The van der Waals surface area contributed by atoms with Crippen molar-refractivity contribution in [3.05, 3.63) is 82.4 Å². The van der Waals surface area contributed by atoms with E-state index >= 15 is 0 Å². The number of fused-ring (bicyclic) bond motifs is 3. The van der Waals surface area contributed by atoms with Gasteiger partial charge in [0.25, 0.3) is 0 Å². The van der Waals surface area contributed by atoms with E-state index in [2.05, 4.69) is 35.8 Å². The number of nitrogens with zero attached hydrogens (tertiary/aromatic N) is 1. The number of carbonyl (C=O) groups excluding carboxylic acids is 1. The van der Waals surface area contributed by atoms with Gasteiger partial charge in [-0.3, -0.25) is 4.79 Å². The fourth-order valence-electron chi connectivity index (χ4n) is 4.02. The third-order valence-electron chi connectivity index (χ3n) is 5.42. The van der Waals surface area contributed by atoms with E-state index in [4.69, 9.17) is 17.3 Å². The Bertz CT molecular complexity index is 1190. The van der Waals surface area contributed by atoms with E-state index < -0.39 is 5.91 Å². The Hall–Kier alpha value is -2.78. The van der Waals surface area contributed by atoms with Crippen LogP contribution in [0.2, 0.25) is 5.02 Å². The van der Waals surface area contributed by atoms with Crippen LogP contribution in [-0.2, 0) is 13.0 Å². The van der Waals surface area contributed by atoms with Crippen LogP contribution >= 0.6 is 11.6 Å². The minimum atomic E-state index is -0.419. The van der Waals surface area contributed by atoms with Crippen LogP contribution in [-0.4, -0.2) is 10.5 Å². The average molecular weight is 404 g/mol. The van der Waals surface area contributed by atoms with Gasteiger partial charge in [-0.25, -0.2) is 0 Å². The molecule has 0 saturated carbocycles. The standard InChI is InChI=1S/C25H24ClN2O/c1-2-3-4-7-17-12-13-20-23(15-17)28(16-18-8-5-9-19(26)14-18)22-11-6-10-21(24(20)22)25(27)29/h5-6,8-12,14-15H,2-4,7,16H2,1H3,(H2,27,29). The molecule has 0 bridgehead atoms. The predicted octanol–water partition coefficient (Wildman–Crippen LogP) is 6.13. The number of primary amides is 1. The molecule has 0 fully saturated rings. The van der Waals surface area contributed by atoms with Crippen LogP contribution in [0.3, 0.4) is 0 Å². The fourth-order valence-corrected chi connectivity index (χ4v) is 4.23. The number of halogens is 1. The van der Waals surface area contributed by atoms with E-state index in [1.807, 2.05) is 30.3 Å². The van der Waals surface area contributed by atoms with Gasteiger partial charge in [0, 0.05) is 27.9 Å². The molecule has 0 saturated heterocycles. The van der Waals surface area contributed by atoms with Crippen molar-refractivity contribution in [1.82, 2.24) is 4.57 Å². The molecular formula is C25H24ClN2O. The van der Waals surface area contributed by atoms with Crippen molar-refractivity contribution in [2.24, 2.45) is 5.73 Å². The number of hydrogen-bond acceptors (Lipinski definition) is 1. The highest BCUT2D eigenvalue weighted by molar-refractivity contribution is 6.30. The average Bonchev–Trinajstić information content (AvgIpc) is 3.01. The van der Waals surface area contributed by atoms with Gasteiger partial charge in [-0.05, 0) is 60.4 Å². The summed E-state index contributed by atoms with van der Waals surface area (Å²) in [5.41, 5.74) is 10.6. The first kappa shape index (κ1) is 19.5. The van der Waals surface area contributed by atoms with Crippen molar-refractivity contribution in [3.63, 3.8) is 0 Å². The van der Waals surface area contributed by atoms with Gasteiger partial charge in [0.15, 0.2) is 0 Å². The van der Waals surface area contributed by atoms with Crippen molar-refractivity contribution >= 4 is 39.3 Å². The van der Waals surface area contributed by atoms with Crippen LogP contribution in [0.15, 0.2) is 54.6 Å². The third-order valence-corrected chi connectivity index (χ3v) is 5.65. The SMILES string of the molecule is CCCCCc1c[c]c2c3c(C(N)=O)cccc3n(Cc3cccc(Cl)c3)c2c1. The molecule has 1 radical (unpaired) electrons. The monoisotopic (exact) mass is 403 g/mol. The maximum absolute atomic E-state index is 12.1. The number of unbranched alkanes of at least 4 members (excludes halogenated alkanes) is 2. The van der Waals surface area contributed by atoms with Gasteiger partial charge in [-0.2, -0.15) is 0 Å². The topological polar surface area (TPSA) is 48.0 Å². The lowest BCUT2D eigenvalue weighted by Crippen LogP contribution is -2.11. The van der Waals surface area contributed by atoms with Gasteiger partial charge in [0.05, 0.1) is 11.0 Å². The number of rotatable bonds is 7. The first-order chi connectivity index (χ1) is 14.1. The van der Waals surface area contributed by atoms with Gasteiger partial charge in [0.1, 0.15) is 0 Å². The molecule has 4 aromatic rings. The Morgan fingerprint density at radius 1 is 1.07 bits per heavy atom. The predicted molar refractivity (Wildman–Crippen MR) is 121 cm³/mol. The van der Waals surface area contributed by atoms with Crippen molar-refractivity contribution in [1.29, 1.82) is 0 Å². The van der Waals surface area contributed by atoms with Gasteiger partial charge < -0.3 is 10.3 Å². The molecule has 0 atom stereocenters. The van der Waals surface area contributed by atoms with Crippen molar-refractivity contribution < 1.29 is 4.79 Å². The summed E-state index contributed by atoms with van der Waals surface area (Å²) in [7, 11) is 0. The zero-order chi connectivity index (χ0) is 20.4. The van der Waals surface area contributed by atoms with Gasteiger partial charge >= 0.3 is 0 Å². The van der Waals surface area contributed by atoms with E-state index in [0.29, 0.717) is 17.1 Å². The van der Waals surface area contributed by atoms with Crippen LogP contribution in [0, 0.1) is 6.07 Å². The Labute approximate surface area is 176 Å².